The van der Waals surface area contributed by atoms with Gasteiger partial charge in [-0.25, -0.2) is 13.8 Å². The summed E-state index contributed by atoms with van der Waals surface area (Å²) in [6.45, 7) is -0.590. The van der Waals surface area contributed by atoms with Crippen molar-refractivity contribution in [2.24, 2.45) is 4.99 Å². The van der Waals surface area contributed by atoms with Gasteiger partial charge in [0.1, 0.15) is 0 Å². The molecule has 6 heteroatoms. The van der Waals surface area contributed by atoms with Crippen molar-refractivity contribution in [1.29, 1.82) is 0 Å². The SMILES string of the molecule is ON1CC=NC=C1OCC(F)F. The first-order valence-corrected chi connectivity index (χ1v) is 3.29. The summed E-state index contributed by atoms with van der Waals surface area (Å²) in [5, 5.41) is 9.69. The Kier molecular flexibility index (Phi) is 2.98. The maximum atomic E-state index is 11.6. The molecule has 4 nitrogen and oxygen atoms in total. The van der Waals surface area contributed by atoms with E-state index in [-0.39, 0.29) is 12.4 Å². The molecule has 1 heterocycles. The molecule has 1 N–H and O–H groups in total. The number of hydrogen-bond donors (Lipinski definition) is 1. The van der Waals surface area contributed by atoms with Gasteiger partial charge in [0.05, 0.1) is 12.7 Å². The van der Waals surface area contributed by atoms with Crippen molar-refractivity contribution >= 4 is 6.21 Å². The summed E-state index contributed by atoms with van der Waals surface area (Å²) in [6, 6.07) is 0. The number of ether oxygens (including phenoxy) is 1. The Hall–Kier alpha value is -1.17. The van der Waals surface area contributed by atoms with Crippen molar-refractivity contribution < 1.29 is 18.7 Å². The molecule has 1 aliphatic rings. The molecule has 0 radical (unpaired) electrons. The Bertz CT molecular complexity index is 206. The summed E-state index contributed by atoms with van der Waals surface area (Å²) in [6.07, 6.45) is 0.0476. The fraction of sp³-hybridized carbons (Fsp3) is 0.500. The number of alkyl halides is 2. The normalized spacial score (nSPS) is 16.7. The lowest BCUT2D eigenvalue weighted by Crippen LogP contribution is -2.25. The van der Waals surface area contributed by atoms with Gasteiger partial charge in [-0.1, -0.05) is 0 Å². The van der Waals surface area contributed by atoms with E-state index in [4.69, 9.17) is 5.21 Å². The van der Waals surface area contributed by atoms with Crippen LogP contribution >= 0.6 is 0 Å². The first kappa shape index (κ1) is 8.92. The molecule has 0 amide bonds. The predicted molar refractivity (Wildman–Crippen MR) is 37.0 cm³/mol. The van der Waals surface area contributed by atoms with Crippen LogP contribution in [-0.2, 0) is 4.74 Å². The number of hydroxylamine groups is 2. The van der Waals surface area contributed by atoms with Gasteiger partial charge in [-0.05, 0) is 0 Å². The highest BCUT2D eigenvalue weighted by molar-refractivity contribution is 5.61. The number of rotatable bonds is 3. The number of aliphatic imine (C=N–C) groups is 1. The zero-order chi connectivity index (χ0) is 8.97. The highest BCUT2D eigenvalue weighted by Crippen LogP contribution is 2.07. The van der Waals surface area contributed by atoms with E-state index in [2.05, 4.69) is 9.73 Å². The van der Waals surface area contributed by atoms with Gasteiger partial charge < -0.3 is 4.74 Å². The Morgan fingerprint density at radius 1 is 1.75 bits per heavy atom. The van der Waals surface area contributed by atoms with E-state index in [9.17, 15) is 8.78 Å². The minimum atomic E-state index is -2.55. The minimum absolute atomic E-state index is 0.0576. The zero-order valence-corrected chi connectivity index (χ0v) is 6.15. The molecule has 0 unspecified atom stereocenters. The first-order valence-electron chi connectivity index (χ1n) is 3.29. The van der Waals surface area contributed by atoms with Gasteiger partial charge in [0.15, 0.2) is 6.61 Å². The third-order valence-corrected chi connectivity index (χ3v) is 1.16. The molecule has 0 atom stereocenters. The second kappa shape index (κ2) is 4.01. The van der Waals surface area contributed by atoms with Crippen LogP contribution in [-0.4, -0.2) is 36.1 Å². The second-order valence-electron chi connectivity index (χ2n) is 2.08. The number of halogens is 2. The fourth-order valence-corrected chi connectivity index (χ4v) is 0.658. The van der Waals surface area contributed by atoms with Crippen LogP contribution in [0.4, 0.5) is 8.78 Å². The van der Waals surface area contributed by atoms with E-state index in [0.29, 0.717) is 5.06 Å². The summed E-state index contributed by atoms with van der Waals surface area (Å²) in [4.78, 5) is 3.63. The van der Waals surface area contributed by atoms with E-state index in [1.165, 1.54) is 12.4 Å². The molecule has 0 fully saturated rings. The van der Waals surface area contributed by atoms with E-state index >= 15 is 0 Å². The largest absolute Gasteiger partial charge is 0.470 e. The molecule has 0 aromatic heterocycles. The molecule has 0 aliphatic carbocycles. The van der Waals surface area contributed by atoms with Gasteiger partial charge in [-0.2, -0.15) is 0 Å². The molecule has 0 aromatic rings. The van der Waals surface area contributed by atoms with Crippen molar-refractivity contribution in [2.75, 3.05) is 13.2 Å². The average Bonchev–Trinajstić information content (AvgIpc) is 2.03. The lowest BCUT2D eigenvalue weighted by Gasteiger charge is -2.19. The Morgan fingerprint density at radius 3 is 3.08 bits per heavy atom. The molecular weight excluding hydrogens is 170 g/mol. The average molecular weight is 178 g/mol. The van der Waals surface area contributed by atoms with Gasteiger partial charge >= 0.3 is 0 Å². The fourth-order valence-electron chi connectivity index (χ4n) is 0.658. The molecule has 0 aromatic carbocycles. The van der Waals surface area contributed by atoms with Gasteiger partial charge in [0.25, 0.3) is 6.43 Å². The maximum Gasteiger partial charge on any atom is 0.272 e. The van der Waals surface area contributed by atoms with E-state index in [1.807, 2.05) is 0 Å². The van der Waals surface area contributed by atoms with Crippen LogP contribution in [0.15, 0.2) is 17.1 Å². The third kappa shape index (κ3) is 2.46. The van der Waals surface area contributed by atoms with Crippen molar-refractivity contribution in [1.82, 2.24) is 5.06 Å². The van der Waals surface area contributed by atoms with Crippen LogP contribution in [0.2, 0.25) is 0 Å². The van der Waals surface area contributed by atoms with Crippen LogP contribution in [0.25, 0.3) is 0 Å². The van der Waals surface area contributed by atoms with E-state index in [1.54, 1.807) is 0 Å². The smallest absolute Gasteiger partial charge is 0.272 e. The standard InChI is InChI=1S/C6H8F2N2O2/c7-5(8)4-12-6-3-9-1-2-10(6)11/h1,3,5,11H,2,4H2. The zero-order valence-electron chi connectivity index (χ0n) is 6.15. The van der Waals surface area contributed by atoms with Crippen LogP contribution in [0.1, 0.15) is 0 Å². The lowest BCUT2D eigenvalue weighted by atomic mass is 10.6. The first-order chi connectivity index (χ1) is 5.70. The van der Waals surface area contributed by atoms with Gasteiger partial charge in [-0.3, -0.25) is 10.2 Å². The summed E-state index contributed by atoms with van der Waals surface area (Å²) < 4.78 is 27.8. The molecule has 0 saturated heterocycles. The van der Waals surface area contributed by atoms with Crippen molar-refractivity contribution in [3.05, 3.63) is 12.1 Å². The molecule has 1 rings (SSSR count). The highest BCUT2D eigenvalue weighted by Gasteiger charge is 2.12. The van der Waals surface area contributed by atoms with Crippen molar-refractivity contribution in [3.8, 4) is 0 Å². The predicted octanol–water partition coefficient (Wildman–Crippen LogP) is 0.843. The molecule has 0 bridgehead atoms. The van der Waals surface area contributed by atoms with Gasteiger partial charge in [0, 0.05) is 6.21 Å². The van der Waals surface area contributed by atoms with E-state index < -0.39 is 13.0 Å². The Labute approximate surface area is 67.7 Å². The van der Waals surface area contributed by atoms with Gasteiger partial charge in [0.2, 0.25) is 5.88 Å². The summed E-state index contributed by atoms with van der Waals surface area (Å²) >= 11 is 0. The van der Waals surface area contributed by atoms with Crippen LogP contribution < -0.4 is 0 Å². The second-order valence-corrected chi connectivity index (χ2v) is 2.08. The molecule has 0 spiro atoms. The Morgan fingerprint density at radius 2 is 2.50 bits per heavy atom. The monoisotopic (exact) mass is 178 g/mol. The summed E-state index contributed by atoms with van der Waals surface area (Å²) in [7, 11) is 0. The topological polar surface area (TPSA) is 45.1 Å². The van der Waals surface area contributed by atoms with Crippen LogP contribution in [0.5, 0.6) is 0 Å². The molecular formula is C6H8F2N2O2. The third-order valence-electron chi connectivity index (χ3n) is 1.16. The molecule has 0 saturated carbocycles. The summed E-state index contributed by atoms with van der Waals surface area (Å²) in [5.74, 6) is -0.0576. The lowest BCUT2D eigenvalue weighted by molar-refractivity contribution is -0.107. The van der Waals surface area contributed by atoms with E-state index in [0.717, 1.165) is 0 Å². The van der Waals surface area contributed by atoms with Crippen LogP contribution in [0.3, 0.4) is 0 Å². The van der Waals surface area contributed by atoms with Crippen LogP contribution in [0, 0.1) is 0 Å². The van der Waals surface area contributed by atoms with Gasteiger partial charge in [-0.15, -0.1) is 0 Å². The van der Waals surface area contributed by atoms with Crippen molar-refractivity contribution in [2.45, 2.75) is 6.43 Å². The summed E-state index contributed by atoms with van der Waals surface area (Å²) in [5.41, 5.74) is 0. The quantitative estimate of drug-likeness (QED) is 0.696. The minimum Gasteiger partial charge on any atom is -0.470 e. The highest BCUT2D eigenvalue weighted by atomic mass is 19.3. The molecule has 68 valence electrons. The number of nitrogens with zero attached hydrogens (tertiary/aromatic N) is 2. The Balaban J connectivity index is 2.39. The maximum absolute atomic E-state index is 11.6. The molecule has 1 aliphatic heterocycles. The van der Waals surface area contributed by atoms with Crippen molar-refractivity contribution in [3.63, 3.8) is 0 Å². The number of hydrogen-bond acceptors (Lipinski definition) is 4. The molecule has 12 heavy (non-hydrogen) atoms.